The van der Waals surface area contributed by atoms with E-state index in [4.69, 9.17) is 0 Å². The normalized spacial score (nSPS) is 18.0. The van der Waals surface area contributed by atoms with Crippen molar-refractivity contribution in [3.05, 3.63) is 65.5 Å². The lowest BCUT2D eigenvalue weighted by molar-refractivity contribution is 0.0951. The van der Waals surface area contributed by atoms with Crippen molar-refractivity contribution >= 4 is 11.6 Å². The number of piperazine rings is 1. The molecular weight excluding hydrogens is 329 g/mol. The van der Waals surface area contributed by atoms with Gasteiger partial charge in [0.25, 0.3) is 5.91 Å². The van der Waals surface area contributed by atoms with Crippen molar-refractivity contribution in [2.45, 2.75) is 25.4 Å². The Labute approximate surface area is 153 Å². The monoisotopic (exact) mass is 353 g/mol. The van der Waals surface area contributed by atoms with Gasteiger partial charge in [-0.05, 0) is 42.7 Å². The van der Waals surface area contributed by atoms with Gasteiger partial charge in [0.2, 0.25) is 0 Å². The summed E-state index contributed by atoms with van der Waals surface area (Å²) < 4.78 is 13.9. The predicted molar refractivity (Wildman–Crippen MR) is 101 cm³/mol. The van der Waals surface area contributed by atoms with Crippen LogP contribution in [0.3, 0.4) is 0 Å². The number of benzene rings is 2. The average molecular weight is 353 g/mol. The summed E-state index contributed by atoms with van der Waals surface area (Å²) in [5.74, 6) is -0.131. The molecule has 0 bridgehead atoms. The van der Waals surface area contributed by atoms with Crippen LogP contribution < -0.4 is 10.2 Å². The minimum absolute atomic E-state index is 0.0266. The van der Waals surface area contributed by atoms with E-state index >= 15 is 0 Å². The maximum absolute atomic E-state index is 13.9. The van der Waals surface area contributed by atoms with Crippen LogP contribution in [0.5, 0.6) is 0 Å². The Bertz CT molecular complexity index is 782. The summed E-state index contributed by atoms with van der Waals surface area (Å²) in [6.45, 7) is 4.20. The maximum Gasteiger partial charge on any atom is 0.251 e. The lowest BCUT2D eigenvalue weighted by atomic mass is 10.1. The van der Waals surface area contributed by atoms with E-state index in [0.717, 1.165) is 56.7 Å². The van der Waals surface area contributed by atoms with Gasteiger partial charge in [-0.25, -0.2) is 4.39 Å². The highest BCUT2D eigenvalue weighted by atomic mass is 19.1. The molecule has 1 aliphatic heterocycles. The van der Waals surface area contributed by atoms with Crippen LogP contribution in [-0.4, -0.2) is 43.0 Å². The van der Waals surface area contributed by atoms with E-state index in [9.17, 15) is 9.18 Å². The Morgan fingerprint density at radius 1 is 1.04 bits per heavy atom. The minimum atomic E-state index is -0.157. The average Bonchev–Trinajstić information content (AvgIpc) is 3.47. The summed E-state index contributed by atoms with van der Waals surface area (Å²) in [7, 11) is 0. The van der Waals surface area contributed by atoms with Crippen molar-refractivity contribution in [2.24, 2.45) is 0 Å². The van der Waals surface area contributed by atoms with Gasteiger partial charge < -0.3 is 10.2 Å². The Morgan fingerprint density at radius 3 is 2.54 bits per heavy atom. The first-order chi connectivity index (χ1) is 12.7. The van der Waals surface area contributed by atoms with E-state index in [0.29, 0.717) is 11.7 Å². The van der Waals surface area contributed by atoms with Crippen LogP contribution >= 0.6 is 0 Å². The SMILES string of the molecule is O=C(NC1CC1)c1cccc(CN2CCN(c3ccccc3F)CC2)c1. The maximum atomic E-state index is 13.9. The number of halogens is 1. The molecule has 2 aliphatic rings. The number of nitrogens with zero attached hydrogens (tertiary/aromatic N) is 2. The summed E-state index contributed by atoms with van der Waals surface area (Å²) in [5.41, 5.74) is 2.57. The van der Waals surface area contributed by atoms with Crippen molar-refractivity contribution in [2.75, 3.05) is 31.1 Å². The summed E-state index contributed by atoms with van der Waals surface area (Å²) in [4.78, 5) is 16.7. The highest BCUT2D eigenvalue weighted by molar-refractivity contribution is 5.94. The molecule has 1 N–H and O–H groups in total. The Balaban J connectivity index is 1.34. The fourth-order valence-corrected chi connectivity index (χ4v) is 3.42. The van der Waals surface area contributed by atoms with E-state index < -0.39 is 0 Å². The van der Waals surface area contributed by atoms with Gasteiger partial charge in [0.05, 0.1) is 5.69 Å². The number of hydrogen-bond donors (Lipinski definition) is 1. The van der Waals surface area contributed by atoms with Gasteiger partial charge in [-0.3, -0.25) is 9.69 Å². The fraction of sp³-hybridized carbons (Fsp3) is 0.381. The van der Waals surface area contributed by atoms with E-state index in [1.54, 1.807) is 6.07 Å². The molecule has 1 saturated heterocycles. The van der Waals surface area contributed by atoms with Crippen LogP contribution in [0.2, 0.25) is 0 Å². The molecule has 1 amide bonds. The van der Waals surface area contributed by atoms with Gasteiger partial charge in [-0.15, -0.1) is 0 Å². The summed E-state index contributed by atoms with van der Waals surface area (Å²) >= 11 is 0. The molecule has 2 aromatic rings. The predicted octanol–water partition coefficient (Wildman–Crippen LogP) is 3.04. The second-order valence-electron chi connectivity index (χ2n) is 7.16. The van der Waals surface area contributed by atoms with Gasteiger partial charge in [0, 0.05) is 44.3 Å². The standard InChI is InChI=1S/C21H24FN3O/c22-19-6-1-2-7-20(19)25-12-10-24(11-13-25)15-16-4-3-5-17(14-16)21(26)23-18-8-9-18/h1-7,14,18H,8-13,15H2,(H,23,26). The highest BCUT2D eigenvalue weighted by Gasteiger charge is 2.24. The Kier molecular flexibility index (Phi) is 4.89. The zero-order valence-electron chi connectivity index (χ0n) is 14.8. The number of para-hydroxylation sites is 1. The number of hydrogen-bond acceptors (Lipinski definition) is 3. The molecule has 26 heavy (non-hydrogen) atoms. The van der Waals surface area contributed by atoms with Crippen LogP contribution in [0, 0.1) is 5.82 Å². The van der Waals surface area contributed by atoms with Gasteiger partial charge >= 0.3 is 0 Å². The van der Waals surface area contributed by atoms with Gasteiger partial charge in [-0.2, -0.15) is 0 Å². The third kappa shape index (κ3) is 4.05. The Morgan fingerprint density at radius 2 is 1.81 bits per heavy atom. The fourth-order valence-electron chi connectivity index (χ4n) is 3.42. The number of carbonyl (C=O) groups excluding carboxylic acids is 1. The van der Waals surface area contributed by atoms with E-state index in [-0.39, 0.29) is 11.7 Å². The van der Waals surface area contributed by atoms with E-state index in [2.05, 4.69) is 21.2 Å². The molecule has 1 aliphatic carbocycles. The van der Waals surface area contributed by atoms with E-state index in [1.165, 1.54) is 6.07 Å². The van der Waals surface area contributed by atoms with Gasteiger partial charge in [-0.1, -0.05) is 24.3 Å². The van der Waals surface area contributed by atoms with Crippen LogP contribution in [0.4, 0.5) is 10.1 Å². The molecule has 4 rings (SSSR count). The number of amides is 1. The topological polar surface area (TPSA) is 35.6 Å². The van der Waals surface area contributed by atoms with Crippen molar-refractivity contribution < 1.29 is 9.18 Å². The molecule has 2 aromatic carbocycles. The molecule has 0 unspecified atom stereocenters. The molecule has 0 atom stereocenters. The first-order valence-electron chi connectivity index (χ1n) is 9.31. The van der Waals surface area contributed by atoms with Crippen molar-refractivity contribution in [1.82, 2.24) is 10.2 Å². The summed E-state index contributed by atoms with van der Waals surface area (Å²) in [6, 6.07) is 15.2. The summed E-state index contributed by atoms with van der Waals surface area (Å²) in [6.07, 6.45) is 2.19. The van der Waals surface area contributed by atoms with Crippen LogP contribution in [0.1, 0.15) is 28.8 Å². The van der Waals surface area contributed by atoms with Crippen molar-refractivity contribution in [1.29, 1.82) is 0 Å². The van der Waals surface area contributed by atoms with Crippen LogP contribution in [-0.2, 0) is 6.54 Å². The zero-order chi connectivity index (χ0) is 17.9. The molecular formula is C21H24FN3O. The largest absolute Gasteiger partial charge is 0.367 e. The molecule has 0 spiro atoms. The van der Waals surface area contributed by atoms with Gasteiger partial charge in [0.15, 0.2) is 0 Å². The molecule has 5 heteroatoms. The number of nitrogens with one attached hydrogen (secondary N) is 1. The lowest BCUT2D eigenvalue weighted by Crippen LogP contribution is -2.46. The molecule has 1 heterocycles. The van der Waals surface area contributed by atoms with E-state index in [1.807, 2.05) is 30.3 Å². The van der Waals surface area contributed by atoms with Crippen LogP contribution in [0.15, 0.2) is 48.5 Å². The van der Waals surface area contributed by atoms with Crippen molar-refractivity contribution in [3.63, 3.8) is 0 Å². The quantitative estimate of drug-likeness (QED) is 0.897. The minimum Gasteiger partial charge on any atom is -0.367 e. The number of anilines is 1. The third-order valence-corrected chi connectivity index (χ3v) is 5.07. The summed E-state index contributed by atoms with van der Waals surface area (Å²) in [5, 5.41) is 3.04. The number of carbonyl (C=O) groups is 1. The molecule has 2 fully saturated rings. The second kappa shape index (κ2) is 7.46. The molecule has 0 radical (unpaired) electrons. The first-order valence-corrected chi connectivity index (χ1v) is 9.31. The zero-order valence-corrected chi connectivity index (χ0v) is 14.8. The van der Waals surface area contributed by atoms with Crippen LogP contribution in [0.25, 0.3) is 0 Å². The third-order valence-electron chi connectivity index (χ3n) is 5.07. The Hall–Kier alpha value is -2.40. The molecule has 0 aromatic heterocycles. The smallest absolute Gasteiger partial charge is 0.251 e. The molecule has 136 valence electrons. The second-order valence-corrected chi connectivity index (χ2v) is 7.16. The van der Waals surface area contributed by atoms with Crippen molar-refractivity contribution in [3.8, 4) is 0 Å². The number of rotatable bonds is 5. The highest BCUT2D eigenvalue weighted by Crippen LogP contribution is 2.21. The lowest BCUT2D eigenvalue weighted by Gasteiger charge is -2.36. The molecule has 4 nitrogen and oxygen atoms in total. The molecule has 1 saturated carbocycles. The first kappa shape index (κ1) is 17.0. The van der Waals surface area contributed by atoms with Gasteiger partial charge in [0.1, 0.15) is 5.82 Å².